The summed E-state index contributed by atoms with van der Waals surface area (Å²) in [5, 5.41) is 0. The Labute approximate surface area is 87.8 Å². The highest BCUT2D eigenvalue weighted by Gasteiger charge is 2.07. The molecule has 0 aliphatic heterocycles. The molecule has 0 amide bonds. The third kappa shape index (κ3) is 2.98. The van der Waals surface area contributed by atoms with Gasteiger partial charge in [-0.15, -0.1) is 6.58 Å². The average molecular weight is 240 g/mol. The predicted octanol–water partition coefficient (Wildman–Crippen LogP) is 3.07. The molecule has 0 aromatic heterocycles. The van der Waals surface area contributed by atoms with Crippen molar-refractivity contribution in [2.75, 3.05) is 6.54 Å². The summed E-state index contributed by atoms with van der Waals surface area (Å²) in [7, 11) is 0. The van der Waals surface area contributed by atoms with E-state index >= 15 is 0 Å². The molecule has 1 atom stereocenters. The van der Waals surface area contributed by atoms with E-state index in [1.165, 1.54) is 5.56 Å². The van der Waals surface area contributed by atoms with Gasteiger partial charge in [0.1, 0.15) is 0 Å². The molecule has 1 rings (SSSR count). The molecule has 0 heterocycles. The van der Waals surface area contributed by atoms with Gasteiger partial charge in [0.15, 0.2) is 0 Å². The third-order valence-corrected chi connectivity index (χ3v) is 2.55. The van der Waals surface area contributed by atoms with Gasteiger partial charge in [0, 0.05) is 4.47 Å². The Morgan fingerprint density at radius 2 is 2.31 bits per heavy atom. The van der Waals surface area contributed by atoms with Crippen molar-refractivity contribution < 1.29 is 0 Å². The van der Waals surface area contributed by atoms with Crippen molar-refractivity contribution in [2.45, 2.75) is 12.3 Å². The summed E-state index contributed by atoms with van der Waals surface area (Å²) in [5.41, 5.74) is 6.95. The van der Waals surface area contributed by atoms with E-state index in [-0.39, 0.29) is 0 Å². The van der Waals surface area contributed by atoms with Crippen LogP contribution in [0.5, 0.6) is 0 Å². The highest BCUT2D eigenvalue weighted by Crippen LogP contribution is 2.21. The normalized spacial score (nSPS) is 12.5. The monoisotopic (exact) mass is 239 g/mol. The van der Waals surface area contributed by atoms with Gasteiger partial charge in [-0.25, -0.2) is 0 Å². The van der Waals surface area contributed by atoms with Gasteiger partial charge in [0.25, 0.3) is 0 Å². The first kappa shape index (κ1) is 10.5. The molecule has 0 bridgehead atoms. The van der Waals surface area contributed by atoms with Crippen molar-refractivity contribution in [1.29, 1.82) is 0 Å². The average Bonchev–Trinajstić information content (AvgIpc) is 2.14. The molecule has 1 aromatic rings. The lowest BCUT2D eigenvalue weighted by Gasteiger charge is -2.12. The Morgan fingerprint density at radius 3 is 2.85 bits per heavy atom. The van der Waals surface area contributed by atoms with Crippen LogP contribution in [-0.4, -0.2) is 6.54 Å². The summed E-state index contributed by atoms with van der Waals surface area (Å²) < 4.78 is 1.10. The third-order valence-electron chi connectivity index (χ3n) is 2.06. The molecule has 70 valence electrons. The first-order valence-corrected chi connectivity index (χ1v) is 5.13. The lowest BCUT2D eigenvalue weighted by molar-refractivity contribution is 0.710. The minimum absolute atomic E-state index is 0.398. The van der Waals surface area contributed by atoms with Crippen molar-refractivity contribution in [3.05, 3.63) is 47.0 Å². The second-order valence-corrected chi connectivity index (χ2v) is 3.93. The van der Waals surface area contributed by atoms with Crippen molar-refractivity contribution in [3.63, 3.8) is 0 Å². The van der Waals surface area contributed by atoms with Crippen LogP contribution in [0.1, 0.15) is 17.9 Å². The Hall–Kier alpha value is -0.600. The van der Waals surface area contributed by atoms with E-state index in [1.54, 1.807) is 0 Å². The van der Waals surface area contributed by atoms with E-state index in [1.807, 2.05) is 18.2 Å². The van der Waals surface area contributed by atoms with Gasteiger partial charge >= 0.3 is 0 Å². The molecule has 0 saturated carbocycles. The first-order valence-electron chi connectivity index (χ1n) is 4.34. The SMILES string of the molecule is C=CCC(CN)c1cccc(Br)c1. The standard InChI is InChI=1S/C11H14BrN/c1-2-4-10(8-13)9-5-3-6-11(12)7-9/h2-3,5-7,10H,1,4,8,13H2. The number of hydrogen-bond donors (Lipinski definition) is 1. The fourth-order valence-electron chi connectivity index (χ4n) is 1.33. The quantitative estimate of drug-likeness (QED) is 0.804. The lowest BCUT2D eigenvalue weighted by Crippen LogP contribution is -2.11. The number of nitrogens with two attached hydrogens (primary N) is 1. The zero-order chi connectivity index (χ0) is 9.68. The van der Waals surface area contributed by atoms with Gasteiger partial charge in [0.2, 0.25) is 0 Å². The second-order valence-electron chi connectivity index (χ2n) is 3.01. The van der Waals surface area contributed by atoms with E-state index in [2.05, 4.69) is 34.6 Å². The van der Waals surface area contributed by atoms with Crippen molar-refractivity contribution in [1.82, 2.24) is 0 Å². The number of benzene rings is 1. The van der Waals surface area contributed by atoms with Crippen molar-refractivity contribution in [3.8, 4) is 0 Å². The minimum Gasteiger partial charge on any atom is -0.330 e. The van der Waals surface area contributed by atoms with Gasteiger partial charge in [-0.3, -0.25) is 0 Å². The summed E-state index contributed by atoms with van der Waals surface area (Å²) >= 11 is 3.44. The zero-order valence-corrected chi connectivity index (χ0v) is 9.13. The number of halogens is 1. The van der Waals surface area contributed by atoms with Crippen LogP contribution in [0, 0.1) is 0 Å². The van der Waals surface area contributed by atoms with Crippen LogP contribution in [0.15, 0.2) is 41.4 Å². The maximum atomic E-state index is 5.68. The maximum absolute atomic E-state index is 5.68. The van der Waals surface area contributed by atoms with Crippen LogP contribution in [0.4, 0.5) is 0 Å². The highest BCUT2D eigenvalue weighted by molar-refractivity contribution is 9.10. The van der Waals surface area contributed by atoms with E-state index in [0.717, 1.165) is 10.9 Å². The number of allylic oxidation sites excluding steroid dienone is 1. The predicted molar refractivity (Wildman–Crippen MR) is 60.8 cm³/mol. The van der Waals surface area contributed by atoms with Gasteiger partial charge in [-0.1, -0.05) is 34.1 Å². The highest BCUT2D eigenvalue weighted by atomic mass is 79.9. The fraction of sp³-hybridized carbons (Fsp3) is 0.273. The molecule has 1 unspecified atom stereocenters. The first-order chi connectivity index (χ1) is 6.27. The lowest BCUT2D eigenvalue weighted by atomic mass is 9.96. The molecule has 0 radical (unpaired) electrons. The molecular formula is C11H14BrN. The summed E-state index contributed by atoms with van der Waals surface area (Å²) in [6.45, 7) is 4.40. The summed E-state index contributed by atoms with van der Waals surface area (Å²) in [6, 6.07) is 8.27. The van der Waals surface area contributed by atoms with Crippen LogP contribution in [0.25, 0.3) is 0 Å². The van der Waals surface area contributed by atoms with Crippen LogP contribution in [-0.2, 0) is 0 Å². The van der Waals surface area contributed by atoms with Gasteiger partial charge in [0.05, 0.1) is 0 Å². The molecule has 2 heteroatoms. The van der Waals surface area contributed by atoms with Gasteiger partial charge < -0.3 is 5.73 Å². The minimum atomic E-state index is 0.398. The van der Waals surface area contributed by atoms with E-state index in [0.29, 0.717) is 12.5 Å². The Morgan fingerprint density at radius 1 is 1.54 bits per heavy atom. The topological polar surface area (TPSA) is 26.0 Å². The molecular weight excluding hydrogens is 226 g/mol. The number of hydrogen-bond acceptors (Lipinski definition) is 1. The zero-order valence-electron chi connectivity index (χ0n) is 7.54. The van der Waals surface area contributed by atoms with E-state index in [9.17, 15) is 0 Å². The van der Waals surface area contributed by atoms with E-state index < -0.39 is 0 Å². The molecule has 0 aliphatic carbocycles. The molecule has 1 nitrogen and oxygen atoms in total. The van der Waals surface area contributed by atoms with Crippen LogP contribution in [0.3, 0.4) is 0 Å². The smallest absolute Gasteiger partial charge is 0.0178 e. The molecule has 0 fully saturated rings. The Balaban J connectivity index is 2.84. The van der Waals surface area contributed by atoms with Gasteiger partial charge in [-0.2, -0.15) is 0 Å². The summed E-state index contributed by atoms with van der Waals surface area (Å²) in [5.74, 6) is 0.398. The van der Waals surface area contributed by atoms with Crippen LogP contribution >= 0.6 is 15.9 Å². The van der Waals surface area contributed by atoms with Crippen LogP contribution < -0.4 is 5.73 Å². The van der Waals surface area contributed by atoms with E-state index in [4.69, 9.17) is 5.73 Å². The largest absolute Gasteiger partial charge is 0.330 e. The van der Waals surface area contributed by atoms with Crippen LogP contribution in [0.2, 0.25) is 0 Å². The molecule has 0 aliphatic rings. The maximum Gasteiger partial charge on any atom is 0.0178 e. The fourth-order valence-corrected chi connectivity index (χ4v) is 1.75. The van der Waals surface area contributed by atoms with Crippen molar-refractivity contribution in [2.24, 2.45) is 5.73 Å². The molecule has 13 heavy (non-hydrogen) atoms. The van der Waals surface area contributed by atoms with Crippen molar-refractivity contribution >= 4 is 15.9 Å². The number of rotatable bonds is 4. The molecule has 0 spiro atoms. The Bertz CT molecular complexity index is 283. The molecule has 0 saturated heterocycles. The summed E-state index contributed by atoms with van der Waals surface area (Å²) in [6.07, 6.45) is 2.85. The summed E-state index contributed by atoms with van der Waals surface area (Å²) in [4.78, 5) is 0. The molecule has 2 N–H and O–H groups in total. The molecule has 1 aromatic carbocycles. The van der Waals surface area contributed by atoms with Gasteiger partial charge in [-0.05, 0) is 36.6 Å². The second kappa shape index (κ2) is 5.20. The Kier molecular flexibility index (Phi) is 4.19.